The van der Waals surface area contributed by atoms with Gasteiger partial charge in [0.1, 0.15) is 5.82 Å². The number of hydrogen-bond donors (Lipinski definition) is 1. The first-order valence-electron chi connectivity index (χ1n) is 11.1. The van der Waals surface area contributed by atoms with Crippen molar-refractivity contribution in [3.63, 3.8) is 0 Å². The number of likely N-dealkylation sites (tertiary alicyclic amines) is 1. The van der Waals surface area contributed by atoms with Crippen molar-refractivity contribution in [3.8, 4) is 11.5 Å². The van der Waals surface area contributed by atoms with Crippen LogP contribution in [0.25, 0.3) is 0 Å². The topological polar surface area (TPSA) is 80.8 Å². The number of ether oxygens (including phenoxy) is 2. The van der Waals surface area contributed by atoms with E-state index in [0.29, 0.717) is 53.8 Å². The Morgan fingerprint density at radius 2 is 1.81 bits per heavy atom. The first-order valence-corrected chi connectivity index (χ1v) is 11.5. The van der Waals surface area contributed by atoms with Crippen LogP contribution in [0.15, 0.2) is 36.5 Å². The highest BCUT2D eigenvalue weighted by Gasteiger charge is 2.28. The largest absolute Gasteiger partial charge is 0.493 e. The third kappa shape index (κ3) is 5.33. The van der Waals surface area contributed by atoms with Crippen molar-refractivity contribution in [1.82, 2.24) is 9.88 Å². The number of aromatic nitrogens is 1. The zero-order valence-corrected chi connectivity index (χ0v) is 18.9. The number of carbonyl (C=O) groups is 2. The Morgan fingerprint density at radius 1 is 1.06 bits per heavy atom. The normalized spacial score (nSPS) is 17.2. The molecule has 1 aromatic heterocycles. The van der Waals surface area contributed by atoms with E-state index >= 15 is 0 Å². The van der Waals surface area contributed by atoms with Gasteiger partial charge in [-0.2, -0.15) is 0 Å². The highest BCUT2D eigenvalue weighted by molar-refractivity contribution is 6.30. The van der Waals surface area contributed by atoms with Crippen LogP contribution in [0.4, 0.5) is 5.82 Å². The molecular formula is C24H28ClN3O4. The second-order valence-corrected chi connectivity index (χ2v) is 8.74. The number of piperidine rings is 1. The molecule has 1 N–H and O–H groups in total. The third-order valence-electron chi connectivity index (χ3n) is 6.14. The molecule has 0 bridgehead atoms. The lowest BCUT2D eigenvalue weighted by Gasteiger charge is -2.31. The van der Waals surface area contributed by atoms with Crippen LogP contribution in [0, 0.1) is 5.92 Å². The second kappa shape index (κ2) is 10.2. The van der Waals surface area contributed by atoms with Gasteiger partial charge in [0.2, 0.25) is 5.91 Å². The second-order valence-electron chi connectivity index (χ2n) is 8.31. The molecule has 2 amide bonds. The summed E-state index contributed by atoms with van der Waals surface area (Å²) in [5.41, 5.74) is 0.564. The minimum absolute atomic E-state index is 0.0612. The first kappa shape index (κ1) is 22.4. The Labute approximate surface area is 193 Å². The molecule has 0 unspecified atom stereocenters. The molecule has 1 saturated carbocycles. The monoisotopic (exact) mass is 457 g/mol. The summed E-state index contributed by atoms with van der Waals surface area (Å²) in [7, 11) is 1.59. The summed E-state index contributed by atoms with van der Waals surface area (Å²) < 4.78 is 11.5. The molecule has 7 nitrogen and oxygen atoms in total. The number of nitrogens with one attached hydrogen (secondary N) is 1. The Morgan fingerprint density at radius 3 is 2.47 bits per heavy atom. The van der Waals surface area contributed by atoms with Gasteiger partial charge in [0.25, 0.3) is 5.91 Å². The number of pyridine rings is 1. The lowest BCUT2D eigenvalue weighted by molar-refractivity contribution is -0.121. The van der Waals surface area contributed by atoms with E-state index in [0.717, 1.165) is 12.8 Å². The molecule has 1 saturated heterocycles. The van der Waals surface area contributed by atoms with Crippen molar-refractivity contribution < 1.29 is 19.1 Å². The standard InChI is InChI=1S/C24H28ClN3O4/c1-31-21-14-17(6-8-20(21)32-19-4-2-3-5-19)24(30)28-12-10-16(11-13-28)23(29)27-22-9-7-18(25)15-26-22/h6-9,14-16,19H,2-5,10-13H2,1H3,(H,26,27,29). The van der Waals surface area contributed by atoms with Crippen molar-refractivity contribution in [2.24, 2.45) is 5.92 Å². The van der Waals surface area contributed by atoms with Gasteiger partial charge in [-0.15, -0.1) is 0 Å². The molecule has 0 spiro atoms. The van der Waals surface area contributed by atoms with E-state index in [1.807, 2.05) is 6.07 Å². The van der Waals surface area contributed by atoms with E-state index in [9.17, 15) is 9.59 Å². The van der Waals surface area contributed by atoms with Crippen LogP contribution in [0.2, 0.25) is 5.02 Å². The van der Waals surface area contributed by atoms with Crippen LogP contribution >= 0.6 is 11.6 Å². The molecule has 32 heavy (non-hydrogen) atoms. The first-order chi connectivity index (χ1) is 15.5. The average Bonchev–Trinajstić information content (AvgIpc) is 3.33. The Hall–Kier alpha value is -2.80. The van der Waals surface area contributed by atoms with Crippen LogP contribution in [0.5, 0.6) is 11.5 Å². The molecule has 170 valence electrons. The average molecular weight is 458 g/mol. The number of hydrogen-bond acceptors (Lipinski definition) is 5. The quantitative estimate of drug-likeness (QED) is 0.687. The predicted octanol–water partition coefficient (Wildman–Crippen LogP) is 4.56. The van der Waals surface area contributed by atoms with Crippen LogP contribution in [-0.4, -0.2) is 48.0 Å². The molecule has 4 rings (SSSR count). The maximum absolute atomic E-state index is 13.0. The number of benzene rings is 1. The van der Waals surface area contributed by atoms with Crippen molar-refractivity contribution in [3.05, 3.63) is 47.1 Å². The van der Waals surface area contributed by atoms with E-state index in [2.05, 4.69) is 10.3 Å². The maximum Gasteiger partial charge on any atom is 0.253 e. The molecule has 2 aromatic rings. The fourth-order valence-electron chi connectivity index (χ4n) is 4.29. The summed E-state index contributed by atoms with van der Waals surface area (Å²) >= 11 is 5.83. The van der Waals surface area contributed by atoms with Gasteiger partial charge in [0, 0.05) is 30.8 Å². The number of amides is 2. The summed E-state index contributed by atoms with van der Waals surface area (Å²) in [6, 6.07) is 8.72. The van der Waals surface area contributed by atoms with E-state index in [1.54, 1.807) is 36.3 Å². The molecular weight excluding hydrogens is 430 g/mol. The number of methoxy groups -OCH3 is 1. The highest BCUT2D eigenvalue weighted by Crippen LogP contribution is 2.33. The van der Waals surface area contributed by atoms with Gasteiger partial charge in [-0.3, -0.25) is 9.59 Å². The van der Waals surface area contributed by atoms with Crippen molar-refractivity contribution in [1.29, 1.82) is 0 Å². The van der Waals surface area contributed by atoms with Crippen LogP contribution < -0.4 is 14.8 Å². The van der Waals surface area contributed by atoms with Gasteiger partial charge >= 0.3 is 0 Å². The van der Waals surface area contributed by atoms with Gasteiger partial charge in [0.15, 0.2) is 11.5 Å². The lowest BCUT2D eigenvalue weighted by Crippen LogP contribution is -2.41. The molecule has 2 fully saturated rings. The fourth-order valence-corrected chi connectivity index (χ4v) is 4.40. The lowest BCUT2D eigenvalue weighted by atomic mass is 9.95. The van der Waals surface area contributed by atoms with Crippen molar-refractivity contribution in [2.75, 3.05) is 25.5 Å². The SMILES string of the molecule is COc1cc(C(=O)N2CCC(C(=O)Nc3ccc(Cl)cn3)CC2)ccc1OC1CCCC1. The summed E-state index contributed by atoms with van der Waals surface area (Å²) in [5, 5.41) is 3.34. The number of nitrogens with zero attached hydrogens (tertiary/aromatic N) is 2. The zero-order chi connectivity index (χ0) is 22.5. The van der Waals surface area contributed by atoms with E-state index < -0.39 is 0 Å². The van der Waals surface area contributed by atoms with Crippen LogP contribution in [0.1, 0.15) is 48.9 Å². The number of carbonyl (C=O) groups excluding carboxylic acids is 2. The summed E-state index contributed by atoms with van der Waals surface area (Å²) in [4.78, 5) is 31.5. The van der Waals surface area contributed by atoms with Crippen LogP contribution in [0.3, 0.4) is 0 Å². The van der Waals surface area contributed by atoms with Gasteiger partial charge in [0.05, 0.1) is 18.2 Å². The Bertz CT molecular complexity index is 952. The molecule has 8 heteroatoms. The fraction of sp³-hybridized carbons (Fsp3) is 0.458. The van der Waals surface area contributed by atoms with Gasteiger partial charge in [-0.25, -0.2) is 4.98 Å². The minimum atomic E-state index is -0.159. The highest BCUT2D eigenvalue weighted by atomic mass is 35.5. The molecule has 1 aromatic carbocycles. The summed E-state index contributed by atoms with van der Waals surface area (Å²) in [6.45, 7) is 1.04. The Kier molecular flexibility index (Phi) is 7.15. The number of anilines is 1. The van der Waals surface area contributed by atoms with E-state index in [1.165, 1.54) is 19.0 Å². The van der Waals surface area contributed by atoms with E-state index in [-0.39, 0.29) is 23.8 Å². The summed E-state index contributed by atoms with van der Waals surface area (Å²) in [5.74, 6) is 1.43. The van der Waals surface area contributed by atoms with Crippen molar-refractivity contribution >= 4 is 29.2 Å². The summed E-state index contributed by atoms with van der Waals surface area (Å²) in [6.07, 6.45) is 7.41. The van der Waals surface area contributed by atoms with E-state index in [4.69, 9.17) is 21.1 Å². The molecule has 0 radical (unpaired) electrons. The molecule has 2 aliphatic rings. The number of halogens is 1. The Balaban J connectivity index is 1.33. The molecule has 0 atom stereocenters. The van der Waals surface area contributed by atoms with Crippen LogP contribution in [-0.2, 0) is 4.79 Å². The molecule has 2 heterocycles. The third-order valence-corrected chi connectivity index (χ3v) is 6.36. The maximum atomic E-state index is 13.0. The van der Waals surface area contributed by atoms with Gasteiger partial charge in [-0.1, -0.05) is 11.6 Å². The molecule has 1 aliphatic carbocycles. The molecule has 1 aliphatic heterocycles. The van der Waals surface area contributed by atoms with Gasteiger partial charge < -0.3 is 19.7 Å². The smallest absolute Gasteiger partial charge is 0.253 e. The minimum Gasteiger partial charge on any atom is -0.493 e. The van der Waals surface area contributed by atoms with Crippen molar-refractivity contribution in [2.45, 2.75) is 44.6 Å². The zero-order valence-electron chi connectivity index (χ0n) is 18.2. The predicted molar refractivity (Wildman–Crippen MR) is 122 cm³/mol. The number of rotatable bonds is 6. The van der Waals surface area contributed by atoms with Gasteiger partial charge in [-0.05, 0) is 68.9 Å².